The summed E-state index contributed by atoms with van der Waals surface area (Å²) >= 11 is 0. The van der Waals surface area contributed by atoms with E-state index >= 15 is 0 Å². The number of aromatic nitrogens is 1. The third-order valence-corrected chi connectivity index (χ3v) is 5.21. The van der Waals surface area contributed by atoms with Gasteiger partial charge in [-0.3, -0.25) is 19.5 Å². The summed E-state index contributed by atoms with van der Waals surface area (Å²) in [6.07, 6.45) is 1.85. The first-order valence-electron chi connectivity index (χ1n) is 9.77. The number of piperazine rings is 1. The van der Waals surface area contributed by atoms with Crippen molar-refractivity contribution in [2.24, 2.45) is 0 Å². The molecule has 1 N–H and O–H groups in total. The number of methoxy groups -OCH3 is 1. The van der Waals surface area contributed by atoms with Crippen LogP contribution >= 0.6 is 0 Å². The van der Waals surface area contributed by atoms with E-state index < -0.39 is 6.04 Å². The maximum Gasteiger partial charge on any atom is 0.237 e. The molecule has 0 saturated carbocycles. The molecule has 154 valence electrons. The Morgan fingerprint density at radius 2 is 2.17 bits per heavy atom. The summed E-state index contributed by atoms with van der Waals surface area (Å²) in [6.45, 7) is 4.33. The van der Waals surface area contributed by atoms with Crippen molar-refractivity contribution in [3.05, 3.63) is 59.4 Å². The molecule has 0 spiro atoms. The Kier molecular flexibility index (Phi) is 6.82. The molecule has 3 rings (SSSR count). The number of carbonyl (C=O) groups is 2. The van der Waals surface area contributed by atoms with Crippen LogP contribution < -0.4 is 10.1 Å². The number of benzene rings is 1. The Bertz CT molecular complexity index is 856. The molecule has 29 heavy (non-hydrogen) atoms. The number of hydrogen-bond acceptors (Lipinski definition) is 5. The SMILES string of the molecule is COc1ccc(CN2CCNC(=O)[C@H]2CC(=O)N(C)Cc2ccccn2)cc1C. The Morgan fingerprint density at radius 1 is 1.34 bits per heavy atom. The number of nitrogens with one attached hydrogen (secondary N) is 1. The van der Waals surface area contributed by atoms with Crippen LogP contribution in [0.1, 0.15) is 23.2 Å². The number of amides is 2. The first-order valence-corrected chi connectivity index (χ1v) is 9.77. The third kappa shape index (κ3) is 5.32. The second-order valence-corrected chi connectivity index (χ2v) is 7.36. The zero-order chi connectivity index (χ0) is 20.8. The van der Waals surface area contributed by atoms with Gasteiger partial charge in [0.15, 0.2) is 0 Å². The molecule has 7 nitrogen and oxygen atoms in total. The van der Waals surface area contributed by atoms with Gasteiger partial charge in [0.1, 0.15) is 5.75 Å². The molecule has 1 aromatic heterocycles. The minimum Gasteiger partial charge on any atom is -0.496 e. The number of carbonyl (C=O) groups excluding carboxylic acids is 2. The van der Waals surface area contributed by atoms with Crippen LogP contribution in [0.2, 0.25) is 0 Å². The van der Waals surface area contributed by atoms with Crippen molar-refractivity contribution in [2.45, 2.75) is 32.5 Å². The maximum atomic E-state index is 12.8. The van der Waals surface area contributed by atoms with E-state index in [0.29, 0.717) is 26.2 Å². The molecule has 1 saturated heterocycles. The molecule has 0 bridgehead atoms. The molecule has 7 heteroatoms. The van der Waals surface area contributed by atoms with Crippen molar-refractivity contribution in [3.8, 4) is 5.75 Å². The Labute approximate surface area is 171 Å². The zero-order valence-electron chi connectivity index (χ0n) is 17.2. The maximum absolute atomic E-state index is 12.8. The van der Waals surface area contributed by atoms with Gasteiger partial charge in [-0.1, -0.05) is 18.2 Å². The third-order valence-electron chi connectivity index (χ3n) is 5.21. The standard InChI is InChI=1S/C22H28N4O3/c1-16-12-17(7-8-20(16)29-3)14-26-11-10-24-22(28)19(26)13-21(27)25(2)15-18-6-4-5-9-23-18/h4-9,12,19H,10-11,13-15H2,1-3H3,(H,24,28)/t19-/m1/s1. The van der Waals surface area contributed by atoms with E-state index in [-0.39, 0.29) is 18.2 Å². The van der Waals surface area contributed by atoms with Gasteiger partial charge in [-0.15, -0.1) is 0 Å². The van der Waals surface area contributed by atoms with Gasteiger partial charge in [0.2, 0.25) is 11.8 Å². The minimum absolute atomic E-state index is 0.0754. The van der Waals surface area contributed by atoms with E-state index in [2.05, 4.69) is 21.3 Å². The van der Waals surface area contributed by atoms with Gasteiger partial charge in [-0.25, -0.2) is 0 Å². The average Bonchev–Trinajstić information content (AvgIpc) is 2.71. The highest BCUT2D eigenvalue weighted by Gasteiger charge is 2.32. The first kappa shape index (κ1) is 20.8. The van der Waals surface area contributed by atoms with Gasteiger partial charge in [-0.2, -0.15) is 0 Å². The van der Waals surface area contributed by atoms with Crippen LogP contribution in [0.3, 0.4) is 0 Å². The van der Waals surface area contributed by atoms with Gasteiger partial charge in [0, 0.05) is 32.9 Å². The van der Waals surface area contributed by atoms with Crippen molar-refractivity contribution in [3.63, 3.8) is 0 Å². The highest BCUT2D eigenvalue weighted by Crippen LogP contribution is 2.21. The highest BCUT2D eigenvalue weighted by molar-refractivity contribution is 5.88. The van der Waals surface area contributed by atoms with Crippen LogP contribution in [0.5, 0.6) is 5.75 Å². The van der Waals surface area contributed by atoms with Crippen molar-refractivity contribution in [1.82, 2.24) is 20.1 Å². The summed E-state index contributed by atoms with van der Waals surface area (Å²) in [6, 6.07) is 11.2. The second-order valence-electron chi connectivity index (χ2n) is 7.36. The van der Waals surface area contributed by atoms with Gasteiger partial charge < -0.3 is 15.0 Å². The van der Waals surface area contributed by atoms with Gasteiger partial charge in [-0.05, 0) is 36.2 Å². The number of aryl methyl sites for hydroxylation is 1. The van der Waals surface area contributed by atoms with E-state index in [1.54, 1.807) is 25.3 Å². The molecule has 2 aromatic rings. The number of hydrogen-bond donors (Lipinski definition) is 1. The number of pyridine rings is 1. The molecule has 1 fully saturated rings. The molecule has 0 radical (unpaired) electrons. The summed E-state index contributed by atoms with van der Waals surface area (Å²) in [5.41, 5.74) is 2.97. The summed E-state index contributed by atoms with van der Waals surface area (Å²) in [5.74, 6) is 0.669. The van der Waals surface area contributed by atoms with Crippen LogP contribution in [0.15, 0.2) is 42.6 Å². The fraction of sp³-hybridized carbons (Fsp3) is 0.409. The van der Waals surface area contributed by atoms with E-state index in [1.165, 1.54) is 0 Å². The Balaban J connectivity index is 1.67. The fourth-order valence-corrected chi connectivity index (χ4v) is 3.59. The smallest absolute Gasteiger partial charge is 0.237 e. The highest BCUT2D eigenvalue weighted by atomic mass is 16.5. The van der Waals surface area contributed by atoms with Crippen LogP contribution in [0, 0.1) is 6.92 Å². The Hall–Kier alpha value is -2.93. The average molecular weight is 396 g/mol. The van der Waals surface area contributed by atoms with Crippen LogP contribution in [0.25, 0.3) is 0 Å². The van der Waals surface area contributed by atoms with E-state index in [1.807, 2.05) is 37.3 Å². The number of nitrogens with zero attached hydrogens (tertiary/aromatic N) is 3. The number of rotatable bonds is 7. The largest absolute Gasteiger partial charge is 0.496 e. The van der Waals surface area contributed by atoms with Gasteiger partial charge >= 0.3 is 0 Å². The lowest BCUT2D eigenvalue weighted by Crippen LogP contribution is -2.56. The van der Waals surface area contributed by atoms with Crippen LogP contribution in [-0.4, -0.2) is 59.9 Å². The quantitative estimate of drug-likeness (QED) is 0.772. The molecule has 1 atom stereocenters. The summed E-state index contributed by atoms with van der Waals surface area (Å²) in [5, 5.41) is 2.89. The van der Waals surface area contributed by atoms with Gasteiger partial charge in [0.25, 0.3) is 0 Å². The van der Waals surface area contributed by atoms with Crippen LogP contribution in [0.4, 0.5) is 0 Å². The number of ether oxygens (including phenoxy) is 1. The van der Waals surface area contributed by atoms with Crippen molar-refractivity contribution < 1.29 is 14.3 Å². The molecule has 1 aromatic carbocycles. The first-order chi connectivity index (χ1) is 14.0. The summed E-state index contributed by atoms with van der Waals surface area (Å²) < 4.78 is 5.32. The predicted octanol–water partition coefficient (Wildman–Crippen LogP) is 1.75. The van der Waals surface area contributed by atoms with Crippen molar-refractivity contribution >= 4 is 11.8 Å². The van der Waals surface area contributed by atoms with Crippen molar-refractivity contribution in [1.29, 1.82) is 0 Å². The lowest BCUT2D eigenvalue weighted by molar-refractivity contribution is -0.138. The fourth-order valence-electron chi connectivity index (χ4n) is 3.59. The van der Waals surface area contributed by atoms with E-state index in [0.717, 1.165) is 22.6 Å². The second kappa shape index (κ2) is 9.52. The molecule has 2 amide bonds. The minimum atomic E-state index is -0.482. The van der Waals surface area contributed by atoms with Crippen LogP contribution in [-0.2, 0) is 22.7 Å². The molecule has 0 aliphatic carbocycles. The Morgan fingerprint density at radius 3 is 2.86 bits per heavy atom. The summed E-state index contributed by atoms with van der Waals surface area (Å²) in [7, 11) is 3.40. The topological polar surface area (TPSA) is 74.8 Å². The molecule has 1 aliphatic rings. The van der Waals surface area contributed by atoms with E-state index in [9.17, 15) is 9.59 Å². The van der Waals surface area contributed by atoms with E-state index in [4.69, 9.17) is 4.74 Å². The normalized spacial score (nSPS) is 16.9. The molecule has 0 unspecified atom stereocenters. The van der Waals surface area contributed by atoms with Crippen molar-refractivity contribution in [2.75, 3.05) is 27.2 Å². The monoisotopic (exact) mass is 396 g/mol. The lowest BCUT2D eigenvalue weighted by atomic mass is 10.0. The molecule has 1 aliphatic heterocycles. The predicted molar refractivity (Wildman–Crippen MR) is 110 cm³/mol. The summed E-state index contributed by atoms with van der Waals surface area (Å²) in [4.78, 5) is 33.3. The molecular formula is C22H28N4O3. The molecular weight excluding hydrogens is 368 g/mol. The van der Waals surface area contributed by atoms with Gasteiger partial charge in [0.05, 0.1) is 31.8 Å². The molecule has 2 heterocycles. The zero-order valence-corrected chi connectivity index (χ0v) is 17.2. The lowest BCUT2D eigenvalue weighted by Gasteiger charge is -2.35.